The second-order valence-corrected chi connectivity index (χ2v) is 8.32. The summed E-state index contributed by atoms with van der Waals surface area (Å²) in [6.07, 6.45) is 3.51. The number of ether oxygens (including phenoxy) is 1. The number of benzene rings is 1. The van der Waals surface area contributed by atoms with Crippen molar-refractivity contribution in [2.45, 2.75) is 19.4 Å². The summed E-state index contributed by atoms with van der Waals surface area (Å²) in [6, 6.07) is 8.83. The summed E-state index contributed by atoms with van der Waals surface area (Å²) in [4.78, 5) is 16.5. The van der Waals surface area contributed by atoms with Gasteiger partial charge in [0.15, 0.2) is 9.84 Å². The standard InChI is InChI=1S/C18H21N3O4S/c1-2-25-17-6-4-3-5-16(17)20-15-9-13(10-19-11-15)18(22)21-14-7-8-26(23,24)12-14/h3-6,9-11,14,20H,2,7-8,12H2,1H3,(H,21,22). The van der Waals surface area contributed by atoms with Crippen molar-refractivity contribution >= 4 is 27.1 Å². The van der Waals surface area contributed by atoms with Crippen LogP contribution < -0.4 is 15.4 Å². The van der Waals surface area contributed by atoms with Crippen LogP contribution in [-0.2, 0) is 9.84 Å². The summed E-state index contributed by atoms with van der Waals surface area (Å²) in [6.45, 7) is 2.45. The number of carbonyl (C=O) groups excluding carboxylic acids is 1. The minimum absolute atomic E-state index is 0.00809. The van der Waals surface area contributed by atoms with Crippen LogP contribution >= 0.6 is 0 Å². The molecule has 1 aliphatic heterocycles. The van der Waals surface area contributed by atoms with Crippen LogP contribution in [0.4, 0.5) is 11.4 Å². The van der Waals surface area contributed by atoms with Crippen molar-refractivity contribution in [3.63, 3.8) is 0 Å². The van der Waals surface area contributed by atoms with Gasteiger partial charge in [-0.05, 0) is 31.5 Å². The van der Waals surface area contributed by atoms with Crippen molar-refractivity contribution in [1.29, 1.82) is 0 Å². The van der Waals surface area contributed by atoms with Gasteiger partial charge >= 0.3 is 0 Å². The second kappa shape index (κ2) is 7.74. The molecule has 3 rings (SSSR count). The van der Waals surface area contributed by atoms with E-state index in [0.717, 1.165) is 5.69 Å². The van der Waals surface area contributed by atoms with Crippen molar-refractivity contribution in [2.24, 2.45) is 0 Å². The Hall–Kier alpha value is -2.61. The highest BCUT2D eigenvalue weighted by molar-refractivity contribution is 7.91. The summed E-state index contributed by atoms with van der Waals surface area (Å²) >= 11 is 0. The zero-order chi connectivity index (χ0) is 18.6. The molecular weight excluding hydrogens is 354 g/mol. The Labute approximate surface area is 152 Å². The Kier molecular flexibility index (Phi) is 5.41. The van der Waals surface area contributed by atoms with Gasteiger partial charge in [-0.15, -0.1) is 0 Å². The fourth-order valence-electron chi connectivity index (χ4n) is 2.82. The third kappa shape index (κ3) is 4.51. The number of sulfone groups is 1. The van der Waals surface area contributed by atoms with E-state index in [0.29, 0.717) is 30.0 Å². The number of anilines is 2. The van der Waals surface area contributed by atoms with Gasteiger partial charge in [0.05, 0.1) is 41.2 Å². The molecule has 1 aromatic heterocycles. The highest BCUT2D eigenvalue weighted by Crippen LogP contribution is 2.27. The van der Waals surface area contributed by atoms with Crippen molar-refractivity contribution < 1.29 is 17.9 Å². The van der Waals surface area contributed by atoms with E-state index < -0.39 is 9.84 Å². The van der Waals surface area contributed by atoms with E-state index >= 15 is 0 Å². The fraction of sp³-hybridized carbons (Fsp3) is 0.333. The minimum atomic E-state index is -3.04. The lowest BCUT2D eigenvalue weighted by atomic mass is 10.2. The Bertz CT molecular complexity index is 899. The predicted octanol–water partition coefficient (Wildman–Crippen LogP) is 2.14. The maximum absolute atomic E-state index is 12.4. The molecule has 1 saturated heterocycles. The molecule has 1 fully saturated rings. The molecule has 7 nitrogen and oxygen atoms in total. The van der Waals surface area contributed by atoms with Crippen molar-refractivity contribution in [2.75, 3.05) is 23.4 Å². The molecule has 26 heavy (non-hydrogen) atoms. The molecule has 0 radical (unpaired) electrons. The van der Waals surface area contributed by atoms with E-state index in [1.807, 2.05) is 31.2 Å². The molecule has 0 aliphatic carbocycles. The Morgan fingerprint density at radius 3 is 2.85 bits per heavy atom. The molecule has 1 aromatic carbocycles. The van der Waals surface area contributed by atoms with E-state index in [4.69, 9.17) is 4.74 Å². The van der Waals surface area contributed by atoms with E-state index in [9.17, 15) is 13.2 Å². The monoisotopic (exact) mass is 375 g/mol. The van der Waals surface area contributed by atoms with Crippen molar-refractivity contribution in [3.05, 3.63) is 48.3 Å². The minimum Gasteiger partial charge on any atom is -0.492 e. The third-order valence-electron chi connectivity index (χ3n) is 4.03. The molecule has 8 heteroatoms. The Morgan fingerprint density at radius 2 is 2.12 bits per heavy atom. The van der Waals surface area contributed by atoms with Gasteiger partial charge < -0.3 is 15.4 Å². The van der Waals surface area contributed by atoms with Crippen LogP contribution in [0.25, 0.3) is 0 Å². The molecule has 1 atom stereocenters. The van der Waals surface area contributed by atoms with Gasteiger partial charge in [0.1, 0.15) is 5.75 Å². The molecule has 1 unspecified atom stereocenters. The van der Waals surface area contributed by atoms with Crippen LogP contribution in [0.1, 0.15) is 23.7 Å². The maximum atomic E-state index is 12.4. The summed E-state index contributed by atoms with van der Waals surface area (Å²) in [5.74, 6) is 0.486. The van der Waals surface area contributed by atoms with E-state index in [2.05, 4.69) is 15.6 Å². The molecule has 2 aromatic rings. The summed E-state index contributed by atoms with van der Waals surface area (Å²) in [5, 5.41) is 5.96. The molecule has 138 valence electrons. The summed E-state index contributed by atoms with van der Waals surface area (Å²) in [7, 11) is -3.04. The molecule has 2 N–H and O–H groups in total. The number of carbonyl (C=O) groups is 1. The number of rotatable bonds is 6. The van der Waals surface area contributed by atoms with Crippen LogP contribution in [0.15, 0.2) is 42.7 Å². The van der Waals surface area contributed by atoms with Crippen LogP contribution in [0.5, 0.6) is 5.75 Å². The molecule has 2 heterocycles. The van der Waals surface area contributed by atoms with Crippen molar-refractivity contribution in [3.8, 4) is 5.75 Å². The number of nitrogens with one attached hydrogen (secondary N) is 2. The fourth-order valence-corrected chi connectivity index (χ4v) is 4.49. The van der Waals surface area contributed by atoms with Gasteiger partial charge in [0.25, 0.3) is 5.91 Å². The third-order valence-corrected chi connectivity index (χ3v) is 5.80. The quantitative estimate of drug-likeness (QED) is 0.803. The molecule has 1 aliphatic rings. The number of amides is 1. The summed E-state index contributed by atoms with van der Waals surface area (Å²) < 4.78 is 28.6. The van der Waals surface area contributed by atoms with Crippen LogP contribution in [0.3, 0.4) is 0 Å². The van der Waals surface area contributed by atoms with Gasteiger partial charge in [0.2, 0.25) is 0 Å². The number of para-hydroxylation sites is 2. The molecular formula is C18H21N3O4S. The lowest BCUT2D eigenvalue weighted by Gasteiger charge is -2.13. The second-order valence-electron chi connectivity index (χ2n) is 6.09. The highest BCUT2D eigenvalue weighted by Gasteiger charge is 2.29. The number of hydrogen-bond donors (Lipinski definition) is 2. The highest BCUT2D eigenvalue weighted by atomic mass is 32.2. The zero-order valence-electron chi connectivity index (χ0n) is 14.4. The molecule has 0 bridgehead atoms. The Balaban J connectivity index is 1.71. The Morgan fingerprint density at radius 1 is 1.31 bits per heavy atom. The van der Waals surface area contributed by atoms with Gasteiger partial charge in [-0.2, -0.15) is 0 Å². The number of nitrogens with zero attached hydrogens (tertiary/aromatic N) is 1. The van der Waals surface area contributed by atoms with Crippen molar-refractivity contribution in [1.82, 2.24) is 10.3 Å². The van der Waals surface area contributed by atoms with E-state index in [1.54, 1.807) is 12.3 Å². The van der Waals surface area contributed by atoms with E-state index in [1.165, 1.54) is 6.20 Å². The first kappa shape index (κ1) is 18.2. The van der Waals surface area contributed by atoms with Gasteiger partial charge in [-0.3, -0.25) is 9.78 Å². The van der Waals surface area contributed by atoms with Gasteiger partial charge in [-0.25, -0.2) is 8.42 Å². The number of hydrogen-bond acceptors (Lipinski definition) is 6. The average Bonchev–Trinajstić information content (AvgIpc) is 2.95. The average molecular weight is 375 g/mol. The molecule has 1 amide bonds. The summed E-state index contributed by atoms with van der Waals surface area (Å²) in [5.41, 5.74) is 1.78. The first-order valence-corrected chi connectivity index (χ1v) is 10.2. The van der Waals surface area contributed by atoms with Gasteiger partial charge in [0, 0.05) is 12.2 Å². The maximum Gasteiger partial charge on any atom is 0.253 e. The first-order valence-electron chi connectivity index (χ1n) is 8.42. The normalized spacial score (nSPS) is 18.3. The largest absolute Gasteiger partial charge is 0.492 e. The van der Waals surface area contributed by atoms with Crippen LogP contribution in [-0.4, -0.2) is 43.5 Å². The predicted molar refractivity (Wildman–Crippen MR) is 99.7 cm³/mol. The first-order chi connectivity index (χ1) is 12.5. The molecule has 0 spiro atoms. The van der Waals surface area contributed by atoms with Crippen LogP contribution in [0, 0.1) is 0 Å². The van der Waals surface area contributed by atoms with Crippen LogP contribution in [0.2, 0.25) is 0 Å². The van der Waals surface area contributed by atoms with E-state index in [-0.39, 0.29) is 23.5 Å². The molecule has 0 saturated carbocycles. The zero-order valence-corrected chi connectivity index (χ0v) is 15.3. The number of pyridine rings is 1. The lowest BCUT2D eigenvalue weighted by molar-refractivity contribution is 0.0941. The smallest absolute Gasteiger partial charge is 0.253 e. The number of aromatic nitrogens is 1. The lowest BCUT2D eigenvalue weighted by Crippen LogP contribution is -2.35. The topological polar surface area (TPSA) is 97.4 Å². The van der Waals surface area contributed by atoms with Gasteiger partial charge in [-0.1, -0.05) is 12.1 Å². The SMILES string of the molecule is CCOc1ccccc1Nc1cncc(C(=O)NC2CCS(=O)(=O)C2)c1.